The minimum Gasteiger partial charge on any atom is -0.495 e. The normalized spacial score (nSPS) is 14.2. The van der Waals surface area contributed by atoms with Crippen molar-refractivity contribution in [2.24, 2.45) is 0 Å². The second-order valence-corrected chi connectivity index (χ2v) is 11.9. The van der Waals surface area contributed by atoms with Gasteiger partial charge in [-0.3, -0.25) is 4.79 Å². The number of amides is 1. The van der Waals surface area contributed by atoms with E-state index in [2.05, 4.69) is 45.7 Å². The number of nitrogens with one attached hydrogen (secondary N) is 2. The molecule has 6 aromatic rings. The van der Waals surface area contributed by atoms with Crippen LogP contribution in [0.25, 0.3) is 10.9 Å². The first-order chi connectivity index (χ1) is 22.5. The largest absolute Gasteiger partial charge is 0.495 e. The summed E-state index contributed by atoms with van der Waals surface area (Å²) >= 11 is 1.34. The van der Waals surface area contributed by atoms with Crippen LogP contribution in [0.15, 0.2) is 126 Å². The van der Waals surface area contributed by atoms with E-state index < -0.39 is 6.04 Å². The van der Waals surface area contributed by atoms with E-state index in [9.17, 15) is 9.18 Å². The Labute approximate surface area is 269 Å². The highest BCUT2D eigenvalue weighted by molar-refractivity contribution is 7.98. The molecular formula is C36H31FN6O2S. The Balaban J connectivity index is 1.33. The molecule has 3 heterocycles. The number of carbonyl (C=O) groups is 1. The van der Waals surface area contributed by atoms with Gasteiger partial charge >= 0.3 is 0 Å². The molecule has 1 atom stereocenters. The molecule has 1 aliphatic rings. The fraction of sp³-hybridized carbons (Fsp3) is 0.139. The second-order valence-electron chi connectivity index (χ2n) is 11.0. The van der Waals surface area contributed by atoms with Crippen molar-refractivity contribution in [3.63, 3.8) is 0 Å². The van der Waals surface area contributed by atoms with E-state index in [-0.39, 0.29) is 11.7 Å². The van der Waals surface area contributed by atoms with Crippen LogP contribution in [0.5, 0.6) is 5.75 Å². The molecule has 8 nitrogen and oxygen atoms in total. The van der Waals surface area contributed by atoms with Gasteiger partial charge in [0.15, 0.2) is 0 Å². The van der Waals surface area contributed by atoms with Crippen molar-refractivity contribution in [3.8, 4) is 5.75 Å². The van der Waals surface area contributed by atoms with Crippen LogP contribution in [0.2, 0.25) is 0 Å². The van der Waals surface area contributed by atoms with E-state index in [0.29, 0.717) is 51.7 Å². The summed E-state index contributed by atoms with van der Waals surface area (Å²) in [6.07, 6.45) is 2.11. The third-order valence-corrected chi connectivity index (χ3v) is 8.94. The highest BCUT2D eigenvalue weighted by atomic mass is 32.2. The third kappa shape index (κ3) is 5.63. The van der Waals surface area contributed by atoms with Crippen molar-refractivity contribution < 1.29 is 13.9 Å². The quantitative estimate of drug-likeness (QED) is 0.160. The first-order valence-corrected chi connectivity index (χ1v) is 15.9. The van der Waals surface area contributed by atoms with E-state index in [1.54, 1.807) is 30.0 Å². The summed E-state index contributed by atoms with van der Waals surface area (Å²) in [5, 5.41) is 12.8. The molecule has 2 N–H and O–H groups in total. The maximum atomic E-state index is 14.4. The number of allylic oxidation sites excluding steroid dienone is 1. The van der Waals surface area contributed by atoms with Crippen molar-refractivity contribution in [3.05, 3.63) is 143 Å². The lowest BCUT2D eigenvalue weighted by Crippen LogP contribution is -2.31. The number of nitrogens with zero attached hydrogens (tertiary/aromatic N) is 4. The Bertz CT molecular complexity index is 2090. The van der Waals surface area contributed by atoms with Gasteiger partial charge in [0, 0.05) is 40.7 Å². The van der Waals surface area contributed by atoms with Crippen molar-refractivity contribution in [1.29, 1.82) is 0 Å². The Kier molecular flexibility index (Phi) is 8.02. The molecule has 0 bridgehead atoms. The molecule has 10 heteroatoms. The van der Waals surface area contributed by atoms with E-state index in [1.165, 1.54) is 17.8 Å². The van der Waals surface area contributed by atoms with Crippen molar-refractivity contribution >= 4 is 40.2 Å². The minimum atomic E-state index is -0.608. The van der Waals surface area contributed by atoms with Crippen LogP contribution >= 0.6 is 11.8 Å². The molecule has 2 aromatic heterocycles. The molecule has 0 fully saturated rings. The Morgan fingerprint density at radius 1 is 0.978 bits per heavy atom. The zero-order valence-electron chi connectivity index (χ0n) is 25.3. The molecule has 7 rings (SSSR count). The molecule has 0 radical (unpaired) electrons. The minimum absolute atomic E-state index is 0.269. The molecule has 0 spiro atoms. The number of ether oxygens (including phenoxy) is 1. The third-order valence-electron chi connectivity index (χ3n) is 8.06. The van der Waals surface area contributed by atoms with Crippen molar-refractivity contribution in [1.82, 2.24) is 19.3 Å². The second kappa shape index (κ2) is 12.6. The number of hydrogen-bond donors (Lipinski definition) is 2. The van der Waals surface area contributed by atoms with E-state index in [1.807, 2.05) is 61.5 Å². The van der Waals surface area contributed by atoms with Gasteiger partial charge in [0.05, 0.1) is 18.4 Å². The molecule has 1 amide bonds. The van der Waals surface area contributed by atoms with Gasteiger partial charge in [-0.05, 0) is 42.3 Å². The SMILES string of the molecule is COc1ccccc1NC(=O)C1=C(C)Nc2nc(SCc3ccccc3F)nn2C1c1cn(Cc2ccccc2)c2ccccc12. The van der Waals surface area contributed by atoms with Crippen LogP contribution in [0.1, 0.15) is 29.7 Å². The molecule has 0 saturated carbocycles. The summed E-state index contributed by atoms with van der Waals surface area (Å²) in [5.41, 5.74) is 5.40. The fourth-order valence-electron chi connectivity index (χ4n) is 5.87. The standard InChI is InChI=1S/C36H31FN6O2S/c1-23-32(34(44)39-29-17-9-11-19-31(29)45-2)33(43-35(38-23)40-36(41-43)46-22-25-14-6-8-16-28(25)37)27-21-42(20-24-12-4-3-5-13-24)30-18-10-7-15-26(27)30/h3-19,21,33H,20,22H2,1-2H3,(H,39,44)(H,38,40,41). The number of halogens is 1. The first-order valence-electron chi connectivity index (χ1n) is 14.9. The van der Waals surface area contributed by atoms with E-state index in [0.717, 1.165) is 22.0 Å². The Morgan fingerprint density at radius 2 is 1.72 bits per heavy atom. The first kappa shape index (κ1) is 29.4. The van der Waals surface area contributed by atoms with Gasteiger partial charge in [0.2, 0.25) is 11.1 Å². The number of anilines is 2. The summed E-state index contributed by atoms with van der Waals surface area (Å²) in [5.74, 6) is 0.870. The Hall–Kier alpha value is -5.35. The number of rotatable bonds is 9. The molecular weight excluding hydrogens is 600 g/mol. The van der Waals surface area contributed by atoms with Crippen LogP contribution in [-0.4, -0.2) is 32.3 Å². The van der Waals surface area contributed by atoms with Crippen LogP contribution in [0.4, 0.5) is 16.0 Å². The molecule has 230 valence electrons. The van der Waals surface area contributed by atoms with Gasteiger partial charge in [-0.15, -0.1) is 5.10 Å². The molecule has 0 saturated heterocycles. The van der Waals surface area contributed by atoms with Gasteiger partial charge in [-0.25, -0.2) is 9.07 Å². The van der Waals surface area contributed by atoms with Crippen LogP contribution < -0.4 is 15.4 Å². The fourth-order valence-corrected chi connectivity index (χ4v) is 6.69. The van der Waals surface area contributed by atoms with Crippen LogP contribution in [-0.2, 0) is 17.1 Å². The number of aromatic nitrogens is 4. The number of benzene rings is 4. The van der Waals surface area contributed by atoms with E-state index >= 15 is 0 Å². The topological polar surface area (TPSA) is 86.0 Å². The molecule has 0 aliphatic carbocycles. The molecule has 1 aliphatic heterocycles. The Morgan fingerprint density at radius 3 is 2.54 bits per heavy atom. The molecule has 46 heavy (non-hydrogen) atoms. The highest BCUT2D eigenvalue weighted by Crippen LogP contribution is 2.41. The number of carbonyl (C=O) groups excluding carboxylic acids is 1. The monoisotopic (exact) mass is 630 g/mol. The molecule has 4 aromatic carbocycles. The van der Waals surface area contributed by atoms with Crippen LogP contribution in [0.3, 0.4) is 0 Å². The number of thioether (sulfide) groups is 1. The summed E-state index contributed by atoms with van der Waals surface area (Å²) in [6, 6.07) is 31.9. The lowest BCUT2D eigenvalue weighted by Gasteiger charge is -2.28. The average molecular weight is 631 g/mol. The zero-order chi connectivity index (χ0) is 31.6. The number of methoxy groups -OCH3 is 1. The van der Waals surface area contributed by atoms with Gasteiger partial charge in [-0.2, -0.15) is 4.98 Å². The summed E-state index contributed by atoms with van der Waals surface area (Å²) in [7, 11) is 1.57. The highest BCUT2D eigenvalue weighted by Gasteiger charge is 2.36. The van der Waals surface area contributed by atoms with Crippen molar-refractivity contribution in [2.75, 3.05) is 17.7 Å². The van der Waals surface area contributed by atoms with Gasteiger partial charge in [-0.1, -0.05) is 90.6 Å². The maximum absolute atomic E-state index is 14.4. The van der Waals surface area contributed by atoms with Crippen molar-refractivity contribution in [2.45, 2.75) is 30.4 Å². The zero-order valence-corrected chi connectivity index (χ0v) is 26.1. The predicted octanol–water partition coefficient (Wildman–Crippen LogP) is 7.65. The predicted molar refractivity (Wildman–Crippen MR) is 180 cm³/mol. The summed E-state index contributed by atoms with van der Waals surface area (Å²) < 4.78 is 23.9. The maximum Gasteiger partial charge on any atom is 0.255 e. The smallest absolute Gasteiger partial charge is 0.255 e. The molecule has 1 unspecified atom stereocenters. The number of hydrogen-bond acceptors (Lipinski definition) is 6. The van der Waals surface area contributed by atoms with Gasteiger partial charge < -0.3 is 19.9 Å². The average Bonchev–Trinajstić information content (AvgIpc) is 3.65. The number of para-hydroxylation sites is 3. The number of fused-ring (bicyclic) bond motifs is 2. The van der Waals surface area contributed by atoms with E-state index in [4.69, 9.17) is 14.8 Å². The van der Waals surface area contributed by atoms with Gasteiger partial charge in [0.25, 0.3) is 5.91 Å². The van der Waals surface area contributed by atoms with Gasteiger partial charge in [0.1, 0.15) is 17.6 Å². The lowest BCUT2D eigenvalue weighted by molar-refractivity contribution is -0.113. The lowest BCUT2D eigenvalue weighted by atomic mass is 9.94. The summed E-state index contributed by atoms with van der Waals surface area (Å²) in [6.45, 7) is 2.53. The summed E-state index contributed by atoms with van der Waals surface area (Å²) in [4.78, 5) is 19.0. The van der Waals surface area contributed by atoms with Crippen LogP contribution in [0, 0.1) is 5.82 Å².